The van der Waals surface area contributed by atoms with Crippen LogP contribution in [0.3, 0.4) is 0 Å². The molecule has 1 amide bonds. The fourth-order valence-electron chi connectivity index (χ4n) is 4.86. The molecule has 1 N–H and O–H groups in total. The smallest absolute Gasteiger partial charge is 0.338 e. The van der Waals surface area contributed by atoms with Crippen LogP contribution in [-0.4, -0.2) is 55.1 Å². The molecular formula is C25H33N3O5. The molecule has 33 heavy (non-hydrogen) atoms. The Labute approximate surface area is 194 Å². The quantitative estimate of drug-likeness (QED) is 0.510. The van der Waals surface area contributed by atoms with Gasteiger partial charge in [-0.1, -0.05) is 0 Å². The number of hydrogen-bond donors (Lipinski definition) is 1. The first kappa shape index (κ1) is 23.3. The van der Waals surface area contributed by atoms with Crippen LogP contribution in [0.4, 0.5) is 0 Å². The number of esters is 1. The second kappa shape index (κ2) is 9.95. The lowest BCUT2D eigenvalue weighted by Gasteiger charge is -2.36. The summed E-state index contributed by atoms with van der Waals surface area (Å²) < 4.78 is 18.1. The molecule has 1 aromatic heterocycles. The van der Waals surface area contributed by atoms with Gasteiger partial charge < -0.3 is 19.5 Å². The van der Waals surface area contributed by atoms with Crippen LogP contribution >= 0.6 is 0 Å². The molecule has 8 nitrogen and oxygen atoms in total. The number of fused-ring (bicyclic) bond motifs is 1. The first-order valence-electron chi connectivity index (χ1n) is 11.7. The maximum atomic E-state index is 12.9. The molecule has 178 valence electrons. The minimum atomic E-state index is -0.348. The van der Waals surface area contributed by atoms with E-state index >= 15 is 0 Å². The first-order chi connectivity index (χ1) is 16.0. The number of nitrogens with one attached hydrogen (secondary N) is 1. The Morgan fingerprint density at radius 3 is 2.79 bits per heavy atom. The Morgan fingerprint density at radius 1 is 1.30 bits per heavy atom. The largest absolute Gasteiger partial charge is 0.496 e. The summed E-state index contributed by atoms with van der Waals surface area (Å²) in [6, 6.07) is 5.26. The molecule has 0 saturated carbocycles. The number of benzene rings is 1. The highest BCUT2D eigenvalue weighted by Gasteiger charge is 2.39. The number of rotatable bonds is 7. The Hall–Kier alpha value is -2.87. The molecule has 0 radical (unpaired) electrons. The fraction of sp³-hybridized carbons (Fsp3) is 0.560. The van der Waals surface area contributed by atoms with Crippen LogP contribution in [0.2, 0.25) is 0 Å². The normalized spacial score (nSPS) is 17.2. The van der Waals surface area contributed by atoms with Crippen LogP contribution in [0.25, 0.3) is 0 Å². The zero-order valence-corrected chi connectivity index (χ0v) is 19.7. The summed E-state index contributed by atoms with van der Waals surface area (Å²) in [5.74, 6) is 0.347. The van der Waals surface area contributed by atoms with Crippen molar-refractivity contribution < 1.29 is 23.8 Å². The van der Waals surface area contributed by atoms with E-state index in [1.54, 1.807) is 25.3 Å². The van der Waals surface area contributed by atoms with Gasteiger partial charge in [0, 0.05) is 31.9 Å². The highest BCUT2D eigenvalue weighted by atomic mass is 16.5. The Bertz CT molecular complexity index is 1020. The van der Waals surface area contributed by atoms with Gasteiger partial charge in [-0.3, -0.25) is 9.48 Å². The summed E-state index contributed by atoms with van der Waals surface area (Å²) in [7, 11) is 1.61. The second-order valence-corrected chi connectivity index (χ2v) is 8.99. The van der Waals surface area contributed by atoms with Crippen molar-refractivity contribution in [3.63, 3.8) is 0 Å². The molecule has 3 heterocycles. The van der Waals surface area contributed by atoms with Crippen molar-refractivity contribution in [2.45, 2.75) is 52.5 Å². The van der Waals surface area contributed by atoms with Gasteiger partial charge in [0.2, 0.25) is 0 Å². The summed E-state index contributed by atoms with van der Waals surface area (Å²) in [5.41, 5.74) is 4.09. The summed E-state index contributed by atoms with van der Waals surface area (Å²) in [6.45, 7) is 6.95. The van der Waals surface area contributed by atoms with Gasteiger partial charge in [0.05, 0.1) is 25.0 Å². The molecule has 4 rings (SSSR count). The van der Waals surface area contributed by atoms with Gasteiger partial charge >= 0.3 is 5.97 Å². The van der Waals surface area contributed by atoms with Crippen LogP contribution in [-0.2, 0) is 28.9 Å². The lowest BCUT2D eigenvalue weighted by Crippen LogP contribution is -2.40. The predicted molar refractivity (Wildman–Crippen MR) is 123 cm³/mol. The van der Waals surface area contributed by atoms with E-state index < -0.39 is 0 Å². The molecule has 2 aromatic rings. The maximum absolute atomic E-state index is 12.9. The third-order valence-electron chi connectivity index (χ3n) is 6.80. The summed E-state index contributed by atoms with van der Waals surface area (Å²) in [6.07, 6.45) is 3.99. The molecular weight excluding hydrogens is 422 g/mol. The van der Waals surface area contributed by atoms with Crippen molar-refractivity contribution in [2.24, 2.45) is 5.41 Å². The standard InChI is InChI=1S/C25H33N3O5/c1-4-28-22-19(15-25(16-26-23(22)29)9-12-32-13-10-25)20(27-28)6-5-11-33-24(30)18-7-8-21(31-3)17(2)14-18/h7-8,14H,4-6,9-13,15-16H2,1-3H3,(H,26,29). The maximum Gasteiger partial charge on any atom is 0.338 e. The fourth-order valence-corrected chi connectivity index (χ4v) is 4.86. The summed E-state index contributed by atoms with van der Waals surface area (Å²) >= 11 is 0. The van der Waals surface area contributed by atoms with E-state index in [1.807, 2.05) is 18.5 Å². The molecule has 0 atom stereocenters. The molecule has 0 bridgehead atoms. The van der Waals surface area contributed by atoms with Crippen LogP contribution in [0, 0.1) is 12.3 Å². The molecule has 0 unspecified atom stereocenters. The highest BCUT2D eigenvalue weighted by Crippen LogP contribution is 2.37. The minimum Gasteiger partial charge on any atom is -0.496 e. The van der Waals surface area contributed by atoms with Gasteiger partial charge in [-0.15, -0.1) is 0 Å². The van der Waals surface area contributed by atoms with Crippen molar-refractivity contribution in [1.29, 1.82) is 0 Å². The zero-order chi connectivity index (χ0) is 23.4. The zero-order valence-electron chi connectivity index (χ0n) is 19.7. The van der Waals surface area contributed by atoms with E-state index in [1.165, 1.54) is 0 Å². The average molecular weight is 456 g/mol. The predicted octanol–water partition coefficient (Wildman–Crippen LogP) is 3.09. The lowest BCUT2D eigenvalue weighted by molar-refractivity contribution is 0.0160. The van der Waals surface area contributed by atoms with Crippen LogP contribution in [0.15, 0.2) is 18.2 Å². The molecule has 1 fully saturated rings. The van der Waals surface area contributed by atoms with Gasteiger partial charge in [0.1, 0.15) is 11.4 Å². The van der Waals surface area contributed by atoms with E-state index in [0.29, 0.717) is 43.8 Å². The number of aromatic nitrogens is 2. The van der Waals surface area contributed by atoms with Gasteiger partial charge in [0.15, 0.2) is 0 Å². The van der Waals surface area contributed by atoms with Crippen molar-refractivity contribution in [1.82, 2.24) is 15.1 Å². The van der Waals surface area contributed by atoms with E-state index in [4.69, 9.17) is 19.3 Å². The number of ether oxygens (including phenoxy) is 3. The van der Waals surface area contributed by atoms with Crippen molar-refractivity contribution in [2.75, 3.05) is 33.5 Å². The average Bonchev–Trinajstić information content (AvgIpc) is 3.10. The van der Waals surface area contributed by atoms with E-state index in [9.17, 15) is 9.59 Å². The monoisotopic (exact) mass is 455 g/mol. The van der Waals surface area contributed by atoms with Crippen molar-refractivity contribution in [3.05, 3.63) is 46.3 Å². The summed E-state index contributed by atoms with van der Waals surface area (Å²) in [5, 5.41) is 7.88. The lowest BCUT2D eigenvalue weighted by atomic mass is 9.75. The molecule has 8 heteroatoms. The molecule has 2 aliphatic rings. The van der Waals surface area contributed by atoms with E-state index in [2.05, 4.69) is 5.32 Å². The topological polar surface area (TPSA) is 91.7 Å². The van der Waals surface area contributed by atoms with Crippen LogP contribution in [0.5, 0.6) is 5.75 Å². The van der Waals surface area contributed by atoms with Crippen LogP contribution < -0.4 is 10.1 Å². The third kappa shape index (κ3) is 4.90. The van der Waals surface area contributed by atoms with Crippen molar-refractivity contribution >= 4 is 11.9 Å². The number of amides is 1. The highest BCUT2D eigenvalue weighted by molar-refractivity contribution is 5.95. The van der Waals surface area contributed by atoms with E-state index in [-0.39, 0.29) is 17.3 Å². The molecule has 0 aliphatic carbocycles. The van der Waals surface area contributed by atoms with Gasteiger partial charge in [-0.2, -0.15) is 5.10 Å². The minimum absolute atomic E-state index is 0.0220. The third-order valence-corrected chi connectivity index (χ3v) is 6.80. The number of methoxy groups -OCH3 is 1. The number of carbonyl (C=O) groups excluding carboxylic acids is 2. The van der Waals surface area contributed by atoms with Gasteiger partial charge in [-0.25, -0.2) is 4.79 Å². The number of carbonyl (C=O) groups is 2. The Morgan fingerprint density at radius 2 is 2.09 bits per heavy atom. The molecule has 1 spiro atoms. The molecule has 2 aliphatic heterocycles. The first-order valence-corrected chi connectivity index (χ1v) is 11.7. The number of nitrogens with zero attached hydrogens (tertiary/aromatic N) is 2. The van der Waals surface area contributed by atoms with E-state index in [0.717, 1.165) is 55.0 Å². The number of aryl methyl sites for hydroxylation is 3. The second-order valence-electron chi connectivity index (χ2n) is 8.99. The van der Waals surface area contributed by atoms with Gasteiger partial charge in [-0.05, 0) is 75.1 Å². The molecule has 1 aromatic carbocycles. The summed E-state index contributed by atoms with van der Waals surface area (Å²) in [4.78, 5) is 25.3. The Kier molecular flexibility index (Phi) is 7.02. The SMILES string of the molecule is CCn1nc(CCCOC(=O)c2ccc(OC)c(C)c2)c2c1C(=O)NCC1(CCOCC1)C2. The molecule has 1 saturated heterocycles. The number of hydrogen-bond acceptors (Lipinski definition) is 6. The van der Waals surface area contributed by atoms with Crippen molar-refractivity contribution in [3.8, 4) is 5.75 Å². The Balaban J connectivity index is 1.43. The van der Waals surface area contributed by atoms with Crippen LogP contribution in [0.1, 0.15) is 63.9 Å². The van der Waals surface area contributed by atoms with Gasteiger partial charge in [0.25, 0.3) is 5.91 Å².